The second kappa shape index (κ2) is 5.12. The van der Waals surface area contributed by atoms with Crippen molar-refractivity contribution in [3.8, 4) is 0 Å². The molecule has 3 nitrogen and oxygen atoms in total. The minimum Gasteiger partial charge on any atom is -0.465 e. The van der Waals surface area contributed by atoms with E-state index >= 15 is 0 Å². The highest BCUT2D eigenvalue weighted by Gasteiger charge is 2.29. The van der Waals surface area contributed by atoms with Crippen molar-refractivity contribution in [1.29, 1.82) is 0 Å². The average Bonchev–Trinajstić information content (AvgIpc) is 2.24. The minimum absolute atomic E-state index is 0.106. The predicted molar refractivity (Wildman–Crippen MR) is 85.0 cm³/mol. The molecule has 3 heteroatoms. The lowest BCUT2D eigenvalue weighted by Crippen LogP contribution is -2.31. The van der Waals surface area contributed by atoms with Crippen LogP contribution in [0.4, 0.5) is 10.5 Å². The summed E-state index contributed by atoms with van der Waals surface area (Å²) in [5.41, 5.74) is 3.93. The number of hydrogen-bond donors (Lipinski definition) is 1. The summed E-state index contributed by atoms with van der Waals surface area (Å²) in [6.45, 7) is 14.8. The fourth-order valence-electron chi connectivity index (χ4n) is 2.38. The van der Waals surface area contributed by atoms with Gasteiger partial charge in [0, 0.05) is 7.05 Å². The summed E-state index contributed by atoms with van der Waals surface area (Å²) in [7, 11) is 1.62. The van der Waals surface area contributed by atoms with Crippen molar-refractivity contribution in [2.24, 2.45) is 0 Å². The zero-order valence-electron chi connectivity index (χ0n) is 14.0. The van der Waals surface area contributed by atoms with E-state index < -0.39 is 6.09 Å². The Morgan fingerprint density at radius 3 is 1.60 bits per heavy atom. The minimum atomic E-state index is -0.926. The Morgan fingerprint density at radius 1 is 1.00 bits per heavy atom. The van der Waals surface area contributed by atoms with Crippen molar-refractivity contribution in [3.05, 3.63) is 28.8 Å². The van der Waals surface area contributed by atoms with Crippen LogP contribution in [0.1, 0.15) is 58.2 Å². The largest absolute Gasteiger partial charge is 0.465 e. The fraction of sp³-hybridized carbons (Fsp3) is 0.588. The Morgan fingerprint density at radius 2 is 1.35 bits per heavy atom. The number of nitrogens with zero attached hydrogens (tertiary/aromatic N) is 1. The second-order valence-electron chi connectivity index (χ2n) is 7.55. The highest BCUT2D eigenvalue weighted by atomic mass is 16.4. The molecule has 20 heavy (non-hydrogen) atoms. The highest BCUT2D eigenvalue weighted by Crippen LogP contribution is 2.40. The van der Waals surface area contributed by atoms with Crippen LogP contribution >= 0.6 is 0 Å². The first kappa shape index (κ1) is 16.5. The number of anilines is 1. The van der Waals surface area contributed by atoms with Crippen LogP contribution in [0.25, 0.3) is 0 Å². The maximum Gasteiger partial charge on any atom is 0.411 e. The summed E-state index contributed by atoms with van der Waals surface area (Å²) in [6, 6.07) is 4.20. The van der Waals surface area contributed by atoms with Gasteiger partial charge in [-0.2, -0.15) is 0 Å². The van der Waals surface area contributed by atoms with Crippen molar-refractivity contribution in [2.45, 2.75) is 59.3 Å². The molecule has 1 amide bonds. The van der Waals surface area contributed by atoms with E-state index in [4.69, 9.17) is 0 Å². The molecule has 0 bridgehead atoms. The molecule has 1 N–H and O–H groups in total. The van der Waals surface area contributed by atoms with Crippen molar-refractivity contribution in [1.82, 2.24) is 0 Å². The molecule has 0 aliphatic heterocycles. The molecule has 0 aromatic heterocycles. The second-order valence-corrected chi connectivity index (χ2v) is 7.55. The van der Waals surface area contributed by atoms with E-state index in [1.165, 1.54) is 10.5 Å². The van der Waals surface area contributed by atoms with Crippen molar-refractivity contribution < 1.29 is 9.90 Å². The molecule has 0 saturated carbocycles. The van der Waals surface area contributed by atoms with E-state index in [0.717, 1.165) is 16.8 Å². The number of rotatable bonds is 1. The molecule has 0 saturated heterocycles. The number of aryl methyl sites for hydroxylation is 1. The predicted octanol–water partition coefficient (Wildman–Crippen LogP) is 4.70. The Kier molecular flexibility index (Phi) is 4.23. The van der Waals surface area contributed by atoms with Gasteiger partial charge in [0.1, 0.15) is 0 Å². The zero-order chi connectivity index (χ0) is 15.9. The summed E-state index contributed by atoms with van der Waals surface area (Å²) in [4.78, 5) is 12.8. The summed E-state index contributed by atoms with van der Waals surface area (Å²) in [5, 5.41) is 9.41. The summed E-state index contributed by atoms with van der Waals surface area (Å²) in [5.74, 6) is 0. The molecule has 1 aromatic rings. The van der Waals surface area contributed by atoms with Crippen molar-refractivity contribution >= 4 is 11.8 Å². The number of carbonyl (C=O) groups is 1. The quantitative estimate of drug-likeness (QED) is 0.808. The van der Waals surface area contributed by atoms with Crippen LogP contribution in [0.5, 0.6) is 0 Å². The average molecular weight is 277 g/mol. The molecule has 112 valence electrons. The summed E-state index contributed by atoms with van der Waals surface area (Å²) in [6.07, 6.45) is -0.926. The van der Waals surface area contributed by atoms with Gasteiger partial charge < -0.3 is 5.11 Å². The van der Waals surface area contributed by atoms with Crippen molar-refractivity contribution in [2.75, 3.05) is 11.9 Å². The zero-order valence-corrected chi connectivity index (χ0v) is 14.0. The van der Waals surface area contributed by atoms with Gasteiger partial charge in [-0.15, -0.1) is 0 Å². The topological polar surface area (TPSA) is 40.5 Å². The summed E-state index contributed by atoms with van der Waals surface area (Å²) < 4.78 is 0. The van der Waals surface area contributed by atoms with Gasteiger partial charge in [-0.1, -0.05) is 59.2 Å². The Hall–Kier alpha value is -1.51. The van der Waals surface area contributed by atoms with Gasteiger partial charge in [-0.3, -0.25) is 4.90 Å². The molecule has 0 unspecified atom stereocenters. The third-order valence-corrected chi connectivity index (χ3v) is 3.49. The van der Waals surface area contributed by atoms with Gasteiger partial charge in [0.15, 0.2) is 0 Å². The molecular formula is C17H27NO2. The van der Waals surface area contributed by atoms with Crippen LogP contribution in [-0.2, 0) is 10.8 Å². The number of carboxylic acid groups (broad SMARTS) is 1. The molecule has 0 spiro atoms. The Labute approximate surface area is 122 Å². The van der Waals surface area contributed by atoms with Crippen LogP contribution in [0, 0.1) is 6.92 Å². The third kappa shape index (κ3) is 3.33. The molecular weight excluding hydrogens is 250 g/mol. The lowest BCUT2D eigenvalue weighted by atomic mass is 9.77. The third-order valence-electron chi connectivity index (χ3n) is 3.49. The number of hydrogen-bond acceptors (Lipinski definition) is 1. The maximum atomic E-state index is 11.5. The monoisotopic (exact) mass is 277 g/mol. The van der Waals surface area contributed by atoms with Gasteiger partial charge in [0.2, 0.25) is 0 Å². The van der Waals surface area contributed by atoms with Gasteiger partial charge in [-0.05, 0) is 28.9 Å². The van der Waals surface area contributed by atoms with E-state index in [9.17, 15) is 9.90 Å². The smallest absolute Gasteiger partial charge is 0.411 e. The van der Waals surface area contributed by atoms with E-state index in [2.05, 4.69) is 60.6 Å². The van der Waals surface area contributed by atoms with Crippen molar-refractivity contribution in [3.63, 3.8) is 0 Å². The molecule has 0 atom stereocenters. The normalized spacial score (nSPS) is 12.4. The molecule has 0 fully saturated rings. The summed E-state index contributed by atoms with van der Waals surface area (Å²) >= 11 is 0. The molecule has 1 rings (SSSR count). The highest BCUT2D eigenvalue weighted by molar-refractivity contribution is 5.88. The first-order chi connectivity index (χ1) is 8.85. The molecule has 0 heterocycles. The Bertz CT molecular complexity index is 484. The maximum absolute atomic E-state index is 11.5. The van der Waals surface area contributed by atoms with Crippen LogP contribution in [-0.4, -0.2) is 18.2 Å². The van der Waals surface area contributed by atoms with Gasteiger partial charge in [0.25, 0.3) is 0 Å². The van der Waals surface area contributed by atoms with Crippen LogP contribution in [0.15, 0.2) is 12.1 Å². The standard InChI is InChI=1S/C17H27NO2/c1-11-9-12(16(2,3)4)14(18(8)15(19)20)13(10-11)17(5,6)7/h9-10H,1-8H3,(H,19,20). The lowest BCUT2D eigenvalue weighted by Gasteiger charge is -2.33. The van der Waals surface area contributed by atoms with Crippen LogP contribution in [0.2, 0.25) is 0 Å². The lowest BCUT2D eigenvalue weighted by molar-refractivity contribution is 0.203. The van der Waals surface area contributed by atoms with Gasteiger partial charge in [0.05, 0.1) is 5.69 Å². The van der Waals surface area contributed by atoms with Crippen LogP contribution < -0.4 is 4.90 Å². The van der Waals surface area contributed by atoms with E-state index in [1.54, 1.807) is 7.05 Å². The first-order valence-electron chi connectivity index (χ1n) is 6.98. The number of amides is 1. The molecule has 0 aliphatic carbocycles. The first-order valence-corrected chi connectivity index (χ1v) is 6.98. The van der Waals surface area contributed by atoms with Gasteiger partial charge >= 0.3 is 6.09 Å². The Balaban J connectivity index is 3.77. The van der Waals surface area contributed by atoms with E-state index in [1.807, 2.05) is 0 Å². The molecule has 0 aliphatic rings. The van der Waals surface area contributed by atoms with E-state index in [-0.39, 0.29) is 10.8 Å². The van der Waals surface area contributed by atoms with Crippen LogP contribution in [0.3, 0.4) is 0 Å². The molecule has 1 aromatic carbocycles. The molecule has 0 radical (unpaired) electrons. The SMILES string of the molecule is Cc1cc(C(C)(C)C)c(N(C)C(=O)O)c(C(C)(C)C)c1. The fourth-order valence-corrected chi connectivity index (χ4v) is 2.38. The van der Waals surface area contributed by atoms with E-state index in [0.29, 0.717) is 0 Å². The number of benzene rings is 1. The van der Waals surface area contributed by atoms with Gasteiger partial charge in [-0.25, -0.2) is 4.79 Å².